The molecule has 4 heteroatoms. The number of hydrogen-bond donors (Lipinski definition) is 1. The third-order valence-corrected chi connectivity index (χ3v) is 4.34. The second kappa shape index (κ2) is 6.77. The van der Waals surface area contributed by atoms with E-state index in [1.807, 2.05) is 6.07 Å². The molecule has 1 fully saturated rings. The lowest BCUT2D eigenvalue weighted by Gasteiger charge is -2.38. The summed E-state index contributed by atoms with van der Waals surface area (Å²) < 4.78 is 16.8. The number of methoxy groups -OCH3 is 1. The summed E-state index contributed by atoms with van der Waals surface area (Å²) >= 11 is 0. The van der Waals surface area contributed by atoms with E-state index in [-0.39, 0.29) is 18.2 Å². The lowest BCUT2D eigenvalue weighted by molar-refractivity contribution is -0.163. The van der Waals surface area contributed by atoms with Crippen molar-refractivity contribution in [3.8, 4) is 5.75 Å². The smallest absolute Gasteiger partial charge is 0.119 e. The molecule has 0 radical (unpaired) electrons. The number of aryl methyl sites for hydroxylation is 1. The van der Waals surface area contributed by atoms with E-state index in [2.05, 4.69) is 24.4 Å². The molecule has 0 spiro atoms. The lowest BCUT2D eigenvalue weighted by Crippen LogP contribution is -2.45. The highest BCUT2D eigenvalue weighted by molar-refractivity contribution is 5.40. The Morgan fingerprint density at radius 3 is 2.86 bits per heavy atom. The van der Waals surface area contributed by atoms with E-state index < -0.39 is 0 Å². The Balaban J connectivity index is 1.79. The first kappa shape index (κ1) is 14.8. The van der Waals surface area contributed by atoms with Gasteiger partial charge in [-0.05, 0) is 49.1 Å². The first-order valence-corrected chi connectivity index (χ1v) is 7.95. The SMILES string of the molecule is CCCNC1c2ccc(OC)cc2CCC1OC1COC1. The number of nitrogens with one attached hydrogen (secondary N) is 1. The van der Waals surface area contributed by atoms with Gasteiger partial charge in [0.2, 0.25) is 0 Å². The van der Waals surface area contributed by atoms with Crippen LogP contribution in [0.15, 0.2) is 18.2 Å². The normalized spacial score (nSPS) is 25.2. The first-order valence-electron chi connectivity index (χ1n) is 7.95. The van der Waals surface area contributed by atoms with Crippen LogP contribution < -0.4 is 10.1 Å². The summed E-state index contributed by atoms with van der Waals surface area (Å²) in [7, 11) is 1.72. The van der Waals surface area contributed by atoms with E-state index >= 15 is 0 Å². The van der Waals surface area contributed by atoms with Crippen LogP contribution in [0.3, 0.4) is 0 Å². The Morgan fingerprint density at radius 2 is 2.19 bits per heavy atom. The highest BCUT2D eigenvalue weighted by Crippen LogP contribution is 2.35. The average Bonchev–Trinajstić information content (AvgIpc) is 2.48. The van der Waals surface area contributed by atoms with Crippen molar-refractivity contribution in [1.82, 2.24) is 5.32 Å². The van der Waals surface area contributed by atoms with Crippen LogP contribution in [-0.4, -0.2) is 39.1 Å². The van der Waals surface area contributed by atoms with Crippen molar-refractivity contribution >= 4 is 0 Å². The summed E-state index contributed by atoms with van der Waals surface area (Å²) in [6, 6.07) is 6.68. The maximum absolute atomic E-state index is 6.23. The standard InChI is InChI=1S/C17H25NO3/c1-3-8-18-17-15-6-5-13(19-2)9-12(15)4-7-16(17)21-14-10-20-11-14/h5-6,9,14,16-18H,3-4,7-8,10-11H2,1-2H3. The number of benzene rings is 1. The van der Waals surface area contributed by atoms with E-state index in [4.69, 9.17) is 14.2 Å². The van der Waals surface area contributed by atoms with Gasteiger partial charge in [0.05, 0.1) is 32.5 Å². The van der Waals surface area contributed by atoms with Crippen LogP contribution >= 0.6 is 0 Å². The van der Waals surface area contributed by atoms with Crippen molar-refractivity contribution in [1.29, 1.82) is 0 Å². The highest BCUT2D eigenvalue weighted by atomic mass is 16.6. The van der Waals surface area contributed by atoms with Crippen molar-refractivity contribution in [3.63, 3.8) is 0 Å². The summed E-state index contributed by atoms with van der Waals surface area (Å²) in [4.78, 5) is 0. The van der Waals surface area contributed by atoms with Crippen molar-refractivity contribution in [2.24, 2.45) is 0 Å². The van der Waals surface area contributed by atoms with Gasteiger partial charge in [0.25, 0.3) is 0 Å². The van der Waals surface area contributed by atoms with Crippen LogP contribution in [-0.2, 0) is 15.9 Å². The quantitative estimate of drug-likeness (QED) is 0.874. The molecule has 1 aliphatic carbocycles. The van der Waals surface area contributed by atoms with Gasteiger partial charge in [0.1, 0.15) is 11.9 Å². The Hall–Kier alpha value is -1.10. The van der Waals surface area contributed by atoms with Gasteiger partial charge < -0.3 is 19.5 Å². The summed E-state index contributed by atoms with van der Waals surface area (Å²) in [5.41, 5.74) is 2.74. The number of fused-ring (bicyclic) bond motifs is 1. The van der Waals surface area contributed by atoms with Crippen LogP contribution in [0.4, 0.5) is 0 Å². The Kier molecular flexibility index (Phi) is 4.78. The fourth-order valence-corrected chi connectivity index (χ4v) is 3.12. The molecule has 0 saturated carbocycles. The van der Waals surface area contributed by atoms with Gasteiger partial charge >= 0.3 is 0 Å². The van der Waals surface area contributed by atoms with E-state index in [0.29, 0.717) is 0 Å². The lowest BCUT2D eigenvalue weighted by atomic mass is 9.85. The molecule has 1 heterocycles. The van der Waals surface area contributed by atoms with Crippen molar-refractivity contribution in [2.75, 3.05) is 26.9 Å². The van der Waals surface area contributed by atoms with Gasteiger partial charge in [-0.1, -0.05) is 13.0 Å². The molecular formula is C17H25NO3. The van der Waals surface area contributed by atoms with Gasteiger partial charge in [0, 0.05) is 0 Å². The van der Waals surface area contributed by atoms with Crippen LogP contribution in [0, 0.1) is 0 Å². The minimum atomic E-state index is 0.242. The fraction of sp³-hybridized carbons (Fsp3) is 0.647. The zero-order chi connectivity index (χ0) is 14.7. The number of rotatable bonds is 6. The zero-order valence-electron chi connectivity index (χ0n) is 12.9. The maximum Gasteiger partial charge on any atom is 0.119 e. The second-order valence-electron chi connectivity index (χ2n) is 5.87. The molecule has 4 nitrogen and oxygen atoms in total. The molecule has 0 bridgehead atoms. The van der Waals surface area contributed by atoms with E-state index in [9.17, 15) is 0 Å². The van der Waals surface area contributed by atoms with Crippen LogP contribution in [0.5, 0.6) is 5.75 Å². The molecule has 1 aromatic carbocycles. The van der Waals surface area contributed by atoms with Gasteiger partial charge in [-0.2, -0.15) is 0 Å². The van der Waals surface area contributed by atoms with Gasteiger partial charge in [-0.15, -0.1) is 0 Å². The van der Waals surface area contributed by atoms with Crippen molar-refractivity contribution in [2.45, 2.75) is 44.4 Å². The zero-order valence-corrected chi connectivity index (χ0v) is 12.9. The van der Waals surface area contributed by atoms with E-state index in [1.165, 1.54) is 11.1 Å². The number of hydrogen-bond acceptors (Lipinski definition) is 4. The summed E-state index contributed by atoms with van der Waals surface area (Å²) in [5, 5.41) is 3.66. The molecule has 2 aliphatic rings. The summed E-state index contributed by atoms with van der Waals surface area (Å²) in [6.45, 7) is 4.69. The first-order chi connectivity index (χ1) is 10.3. The molecule has 116 valence electrons. The van der Waals surface area contributed by atoms with E-state index in [1.54, 1.807) is 7.11 Å². The molecule has 1 aromatic rings. The molecule has 2 atom stereocenters. The molecular weight excluding hydrogens is 266 g/mol. The molecule has 1 aliphatic heterocycles. The minimum Gasteiger partial charge on any atom is -0.497 e. The van der Waals surface area contributed by atoms with Crippen molar-refractivity contribution in [3.05, 3.63) is 29.3 Å². The molecule has 1 N–H and O–H groups in total. The van der Waals surface area contributed by atoms with Crippen LogP contribution in [0.2, 0.25) is 0 Å². The predicted octanol–water partition coefficient (Wildman–Crippen LogP) is 2.47. The Morgan fingerprint density at radius 1 is 1.33 bits per heavy atom. The highest BCUT2D eigenvalue weighted by Gasteiger charge is 2.33. The molecule has 1 saturated heterocycles. The second-order valence-corrected chi connectivity index (χ2v) is 5.87. The molecule has 21 heavy (non-hydrogen) atoms. The molecule has 0 amide bonds. The summed E-state index contributed by atoms with van der Waals surface area (Å²) in [5.74, 6) is 0.940. The van der Waals surface area contributed by atoms with E-state index in [0.717, 1.165) is 44.8 Å². The topological polar surface area (TPSA) is 39.7 Å². The number of ether oxygens (including phenoxy) is 3. The molecule has 2 unspecified atom stereocenters. The summed E-state index contributed by atoms with van der Waals surface area (Å²) in [6.07, 6.45) is 3.75. The van der Waals surface area contributed by atoms with Gasteiger partial charge in [-0.25, -0.2) is 0 Å². The molecule has 3 rings (SSSR count). The minimum absolute atomic E-state index is 0.242. The van der Waals surface area contributed by atoms with Crippen molar-refractivity contribution < 1.29 is 14.2 Å². The van der Waals surface area contributed by atoms with Gasteiger partial charge in [0.15, 0.2) is 0 Å². The van der Waals surface area contributed by atoms with Crippen LogP contribution in [0.25, 0.3) is 0 Å². The monoisotopic (exact) mass is 291 g/mol. The largest absolute Gasteiger partial charge is 0.497 e. The Labute approximate surface area is 126 Å². The third kappa shape index (κ3) is 3.23. The fourth-order valence-electron chi connectivity index (χ4n) is 3.12. The Bertz CT molecular complexity index is 473. The van der Waals surface area contributed by atoms with Gasteiger partial charge in [-0.3, -0.25) is 0 Å². The molecule has 0 aromatic heterocycles. The van der Waals surface area contributed by atoms with Crippen LogP contribution in [0.1, 0.15) is 36.9 Å². The third-order valence-electron chi connectivity index (χ3n) is 4.34. The predicted molar refractivity (Wildman–Crippen MR) is 81.8 cm³/mol. The average molecular weight is 291 g/mol. The maximum atomic E-state index is 6.23.